The number of hydrogen-bond acceptors (Lipinski definition) is 3. The van der Waals surface area contributed by atoms with Gasteiger partial charge in [-0.2, -0.15) is 11.8 Å². The highest BCUT2D eigenvalue weighted by molar-refractivity contribution is 7.99. The average molecular weight is 267 g/mol. The third-order valence-electron chi connectivity index (χ3n) is 4.16. The van der Waals surface area contributed by atoms with Crippen LogP contribution < -0.4 is 0 Å². The van der Waals surface area contributed by atoms with Gasteiger partial charge in [0, 0.05) is 10.6 Å². The minimum Gasteiger partial charge on any atom is -0.292 e. The smallest absolute Gasteiger partial charge is 0.0645 e. The topological polar surface area (TPSA) is 3.24 Å². The van der Waals surface area contributed by atoms with Crippen LogP contribution >= 0.6 is 23.1 Å². The van der Waals surface area contributed by atoms with E-state index in [0.29, 0.717) is 5.54 Å². The SMILES string of the molecule is c1csc([C@@]2(N3CCCCC3)CCCSC2)c1. The van der Waals surface area contributed by atoms with Crippen molar-refractivity contribution < 1.29 is 0 Å². The molecule has 0 unspecified atom stereocenters. The van der Waals surface area contributed by atoms with Gasteiger partial charge in [0.05, 0.1) is 5.54 Å². The zero-order chi connectivity index (χ0) is 11.6. The Bertz CT molecular complexity index is 335. The maximum absolute atomic E-state index is 2.80. The molecule has 0 bridgehead atoms. The summed E-state index contributed by atoms with van der Waals surface area (Å²) in [6, 6.07) is 4.59. The fraction of sp³-hybridized carbons (Fsp3) is 0.714. The van der Waals surface area contributed by atoms with Crippen LogP contribution in [0.1, 0.15) is 37.0 Å². The molecule has 0 amide bonds. The summed E-state index contributed by atoms with van der Waals surface area (Å²) in [5, 5.41) is 2.25. The lowest BCUT2D eigenvalue weighted by molar-refractivity contribution is 0.0750. The Morgan fingerprint density at radius 2 is 2.00 bits per heavy atom. The molecule has 1 atom stereocenters. The van der Waals surface area contributed by atoms with Crippen molar-refractivity contribution in [1.29, 1.82) is 0 Å². The summed E-state index contributed by atoms with van der Waals surface area (Å²) >= 11 is 4.13. The van der Waals surface area contributed by atoms with Crippen LogP contribution in [0, 0.1) is 0 Å². The third-order valence-corrected chi connectivity index (χ3v) is 6.48. The van der Waals surface area contributed by atoms with Gasteiger partial charge in [-0.15, -0.1) is 11.3 Å². The zero-order valence-corrected chi connectivity index (χ0v) is 12.0. The van der Waals surface area contributed by atoms with Gasteiger partial charge in [0.2, 0.25) is 0 Å². The van der Waals surface area contributed by atoms with E-state index in [1.807, 2.05) is 11.3 Å². The van der Waals surface area contributed by atoms with E-state index in [2.05, 4.69) is 34.2 Å². The van der Waals surface area contributed by atoms with Gasteiger partial charge in [0.1, 0.15) is 0 Å². The van der Waals surface area contributed by atoms with Crippen molar-refractivity contribution in [2.24, 2.45) is 0 Å². The summed E-state index contributed by atoms with van der Waals surface area (Å²) < 4.78 is 0. The molecule has 1 aromatic heterocycles. The summed E-state index contributed by atoms with van der Waals surface area (Å²) in [6.45, 7) is 2.64. The number of likely N-dealkylation sites (tertiary alicyclic amines) is 1. The maximum atomic E-state index is 2.80. The molecule has 0 N–H and O–H groups in total. The van der Waals surface area contributed by atoms with Crippen LogP contribution in [0.2, 0.25) is 0 Å². The highest BCUT2D eigenvalue weighted by Gasteiger charge is 2.40. The first-order valence-electron chi connectivity index (χ1n) is 6.79. The predicted octanol–water partition coefficient (Wildman–Crippen LogP) is 3.96. The Morgan fingerprint density at radius 3 is 2.65 bits per heavy atom. The van der Waals surface area contributed by atoms with Crippen molar-refractivity contribution >= 4 is 23.1 Å². The van der Waals surface area contributed by atoms with E-state index in [-0.39, 0.29) is 0 Å². The Kier molecular flexibility index (Phi) is 3.78. The van der Waals surface area contributed by atoms with Crippen molar-refractivity contribution in [2.75, 3.05) is 24.6 Å². The molecule has 2 aliphatic rings. The molecule has 3 heteroatoms. The molecule has 0 aliphatic carbocycles. The van der Waals surface area contributed by atoms with E-state index >= 15 is 0 Å². The maximum Gasteiger partial charge on any atom is 0.0645 e. The molecule has 0 aromatic carbocycles. The van der Waals surface area contributed by atoms with Crippen LogP contribution in [0.15, 0.2) is 17.5 Å². The van der Waals surface area contributed by atoms with Gasteiger partial charge in [-0.3, -0.25) is 4.90 Å². The first kappa shape index (κ1) is 12.1. The Labute approximate surface area is 113 Å². The summed E-state index contributed by atoms with van der Waals surface area (Å²) in [5.41, 5.74) is 0.386. The van der Waals surface area contributed by atoms with Gasteiger partial charge in [-0.05, 0) is 56.0 Å². The quantitative estimate of drug-likeness (QED) is 0.798. The molecule has 0 saturated carbocycles. The molecule has 0 radical (unpaired) electrons. The lowest BCUT2D eigenvalue weighted by Gasteiger charge is -2.47. The average Bonchev–Trinajstić information content (AvgIpc) is 2.95. The van der Waals surface area contributed by atoms with Crippen molar-refractivity contribution in [1.82, 2.24) is 4.90 Å². The minimum absolute atomic E-state index is 0.386. The second kappa shape index (κ2) is 5.33. The molecular weight excluding hydrogens is 246 g/mol. The van der Waals surface area contributed by atoms with Gasteiger partial charge >= 0.3 is 0 Å². The second-order valence-corrected chi connectivity index (χ2v) is 7.27. The summed E-state index contributed by atoms with van der Waals surface area (Å²) in [6.07, 6.45) is 7.00. The minimum atomic E-state index is 0.386. The van der Waals surface area contributed by atoms with E-state index in [0.717, 1.165) is 0 Å². The highest BCUT2D eigenvalue weighted by Crippen LogP contribution is 2.43. The third kappa shape index (κ3) is 2.29. The molecule has 3 rings (SSSR count). The van der Waals surface area contributed by atoms with Gasteiger partial charge in [-0.1, -0.05) is 12.5 Å². The Morgan fingerprint density at radius 1 is 1.12 bits per heavy atom. The van der Waals surface area contributed by atoms with E-state index in [1.165, 1.54) is 56.7 Å². The van der Waals surface area contributed by atoms with Gasteiger partial charge in [0.15, 0.2) is 0 Å². The fourth-order valence-corrected chi connectivity index (χ4v) is 5.63. The van der Waals surface area contributed by atoms with E-state index < -0.39 is 0 Å². The second-order valence-electron chi connectivity index (χ2n) is 5.21. The number of thiophene rings is 1. The summed E-state index contributed by atoms with van der Waals surface area (Å²) in [5.74, 6) is 2.68. The van der Waals surface area contributed by atoms with Gasteiger partial charge < -0.3 is 0 Å². The normalized spacial score (nSPS) is 31.5. The van der Waals surface area contributed by atoms with Crippen molar-refractivity contribution in [3.05, 3.63) is 22.4 Å². The standard InChI is InChI=1S/C14H21NS2/c1-2-8-15(9-3-1)14(7-5-10-16-12-14)13-6-4-11-17-13/h4,6,11H,1-3,5,7-10,12H2/t14-/m1/s1. The lowest BCUT2D eigenvalue weighted by atomic mass is 9.89. The monoisotopic (exact) mass is 267 g/mol. The van der Waals surface area contributed by atoms with Crippen LogP contribution in [-0.4, -0.2) is 29.5 Å². The van der Waals surface area contributed by atoms with Crippen molar-refractivity contribution in [3.8, 4) is 0 Å². The van der Waals surface area contributed by atoms with Crippen LogP contribution in [0.4, 0.5) is 0 Å². The van der Waals surface area contributed by atoms with Gasteiger partial charge in [0.25, 0.3) is 0 Å². The molecule has 1 aromatic rings. The van der Waals surface area contributed by atoms with E-state index in [9.17, 15) is 0 Å². The molecule has 2 fully saturated rings. The molecule has 0 spiro atoms. The molecule has 17 heavy (non-hydrogen) atoms. The number of hydrogen-bond donors (Lipinski definition) is 0. The van der Waals surface area contributed by atoms with Crippen molar-refractivity contribution in [2.45, 2.75) is 37.6 Å². The molecule has 2 aliphatic heterocycles. The number of rotatable bonds is 2. The molecule has 94 valence electrons. The number of piperidine rings is 1. The van der Waals surface area contributed by atoms with Crippen LogP contribution in [-0.2, 0) is 5.54 Å². The summed E-state index contributed by atoms with van der Waals surface area (Å²) in [7, 11) is 0. The molecule has 2 saturated heterocycles. The Balaban J connectivity index is 1.89. The van der Waals surface area contributed by atoms with E-state index in [1.54, 1.807) is 4.88 Å². The largest absolute Gasteiger partial charge is 0.292 e. The number of nitrogens with zero attached hydrogens (tertiary/aromatic N) is 1. The Hall–Kier alpha value is 0.01000. The predicted molar refractivity (Wildman–Crippen MR) is 78.0 cm³/mol. The first-order chi connectivity index (χ1) is 8.42. The van der Waals surface area contributed by atoms with Crippen LogP contribution in [0.5, 0.6) is 0 Å². The zero-order valence-electron chi connectivity index (χ0n) is 10.4. The highest BCUT2D eigenvalue weighted by atomic mass is 32.2. The molecule has 3 heterocycles. The molecule has 1 nitrogen and oxygen atoms in total. The van der Waals surface area contributed by atoms with Crippen LogP contribution in [0.3, 0.4) is 0 Å². The summed E-state index contributed by atoms with van der Waals surface area (Å²) in [4.78, 5) is 4.42. The van der Waals surface area contributed by atoms with Crippen LogP contribution in [0.25, 0.3) is 0 Å². The lowest BCUT2D eigenvalue weighted by Crippen LogP contribution is -2.51. The fourth-order valence-electron chi connectivity index (χ4n) is 3.24. The molecular formula is C14H21NS2. The first-order valence-corrected chi connectivity index (χ1v) is 8.82. The van der Waals surface area contributed by atoms with Crippen molar-refractivity contribution in [3.63, 3.8) is 0 Å². The van der Waals surface area contributed by atoms with E-state index in [4.69, 9.17) is 0 Å². The number of thioether (sulfide) groups is 1. The van der Waals surface area contributed by atoms with Gasteiger partial charge in [-0.25, -0.2) is 0 Å².